The van der Waals surface area contributed by atoms with Crippen LogP contribution in [0.1, 0.15) is 21.5 Å². The molecule has 1 fully saturated rings. The van der Waals surface area contributed by atoms with E-state index < -0.39 is 56.9 Å². The second-order valence-corrected chi connectivity index (χ2v) is 13.0. The van der Waals surface area contributed by atoms with Gasteiger partial charge in [-0.2, -0.15) is 26.3 Å². The lowest BCUT2D eigenvalue weighted by atomic mass is 10.0. The number of hydrogen-bond acceptors (Lipinski definition) is 5. The number of aromatic nitrogens is 1. The summed E-state index contributed by atoms with van der Waals surface area (Å²) in [6, 6.07) is 5.65. The third-order valence-corrected chi connectivity index (χ3v) is 7.04. The Hall–Kier alpha value is -2.71. The third-order valence-electron chi connectivity index (χ3n) is 5.38. The number of ether oxygens (including phenoxy) is 1. The summed E-state index contributed by atoms with van der Waals surface area (Å²) < 4.78 is 97.7. The largest absolute Gasteiger partial charge is 0.418 e. The molecular weight excluding hydrogens is 502 g/mol. The Kier molecular flexibility index (Phi) is 6.72. The van der Waals surface area contributed by atoms with E-state index in [-0.39, 0.29) is 29.6 Å². The van der Waals surface area contributed by atoms with Gasteiger partial charge >= 0.3 is 12.4 Å². The molecule has 1 saturated heterocycles. The summed E-state index contributed by atoms with van der Waals surface area (Å²) in [7, 11) is -3.71. The van der Waals surface area contributed by atoms with E-state index in [0.29, 0.717) is 6.20 Å². The maximum atomic E-state index is 13.5. The van der Waals surface area contributed by atoms with Gasteiger partial charge in [0.15, 0.2) is 6.10 Å². The van der Waals surface area contributed by atoms with Gasteiger partial charge in [-0.1, -0.05) is 6.07 Å². The molecule has 35 heavy (non-hydrogen) atoms. The van der Waals surface area contributed by atoms with Crippen molar-refractivity contribution in [3.63, 3.8) is 0 Å². The molecular formula is C21H24F6N4O3S. The maximum absolute atomic E-state index is 13.5. The fraction of sp³-hybridized carbons (Fsp3) is 0.429. The number of carbonyl (C=O) groups is 1. The Labute approximate surface area is 197 Å². The predicted octanol–water partition coefficient (Wildman–Crippen LogP) is 3.74. The number of nitrogens with one attached hydrogen (secondary N) is 1. The normalized spacial score (nSPS) is 18.6. The Morgan fingerprint density at radius 3 is 2.46 bits per heavy atom. The second-order valence-electron chi connectivity index (χ2n) is 8.74. The average Bonchev–Trinajstić information content (AvgIpc) is 2.71. The first kappa shape index (κ1) is 26.9. The van der Waals surface area contributed by atoms with Crippen LogP contribution in [0, 0.1) is 6.92 Å². The van der Waals surface area contributed by atoms with E-state index in [0.717, 1.165) is 11.8 Å². The number of amides is 1. The van der Waals surface area contributed by atoms with Crippen LogP contribution in [0.4, 0.5) is 37.8 Å². The number of benzene rings is 1. The van der Waals surface area contributed by atoms with Crippen molar-refractivity contribution in [2.24, 2.45) is 5.14 Å². The number of rotatable bonds is 4. The van der Waals surface area contributed by atoms with Crippen molar-refractivity contribution in [1.29, 1.82) is 0 Å². The van der Waals surface area contributed by atoms with E-state index in [1.165, 1.54) is 36.8 Å². The number of alkyl halides is 6. The average molecular weight is 527 g/mol. The Morgan fingerprint density at radius 1 is 1.23 bits per heavy atom. The molecule has 1 atom stereocenters. The molecule has 2 heterocycles. The van der Waals surface area contributed by atoms with Crippen LogP contribution in [-0.4, -0.2) is 59.6 Å². The van der Waals surface area contributed by atoms with Gasteiger partial charge in [-0.3, -0.25) is 14.1 Å². The van der Waals surface area contributed by atoms with Crippen molar-refractivity contribution in [3.05, 3.63) is 47.2 Å². The van der Waals surface area contributed by atoms with Crippen molar-refractivity contribution in [1.82, 2.24) is 4.98 Å². The quantitative estimate of drug-likeness (QED) is 0.592. The highest BCUT2D eigenvalue weighted by molar-refractivity contribution is 8.16. The van der Waals surface area contributed by atoms with Gasteiger partial charge < -0.3 is 15.0 Å². The van der Waals surface area contributed by atoms with Crippen LogP contribution >= 0.6 is 0 Å². The van der Waals surface area contributed by atoms with E-state index in [1.54, 1.807) is 0 Å². The molecule has 0 bridgehead atoms. The van der Waals surface area contributed by atoms with Gasteiger partial charge in [-0.25, -0.2) is 4.98 Å². The summed E-state index contributed by atoms with van der Waals surface area (Å²) in [5, 5.41) is 8.29. The second kappa shape index (κ2) is 8.75. The van der Waals surface area contributed by atoms with E-state index in [9.17, 15) is 35.3 Å². The van der Waals surface area contributed by atoms with Crippen molar-refractivity contribution < 1.29 is 40.1 Å². The van der Waals surface area contributed by atoms with Gasteiger partial charge in [-0.15, -0.1) is 0 Å². The van der Waals surface area contributed by atoms with E-state index in [1.807, 2.05) is 0 Å². The Balaban J connectivity index is 2.06. The smallest absolute Gasteiger partial charge is 0.365 e. The van der Waals surface area contributed by atoms with E-state index in [2.05, 4.69) is 10.3 Å². The van der Waals surface area contributed by atoms with Crippen LogP contribution in [0.2, 0.25) is 0 Å². The first-order valence-corrected chi connectivity index (χ1v) is 13.0. The van der Waals surface area contributed by atoms with Gasteiger partial charge in [0, 0.05) is 35.8 Å². The molecule has 2 aromatic rings. The maximum Gasteiger partial charge on any atom is 0.418 e. The van der Waals surface area contributed by atoms with Crippen molar-refractivity contribution >= 4 is 26.7 Å². The molecule has 0 radical (unpaired) electrons. The lowest BCUT2D eigenvalue weighted by Gasteiger charge is -2.35. The molecule has 3 N–H and O–H groups in total. The lowest BCUT2D eigenvalue weighted by molar-refractivity contribution is -0.221. The third kappa shape index (κ3) is 6.11. The zero-order chi connectivity index (χ0) is 26.4. The number of anilines is 2. The number of nitrogens with two attached hydrogens (primary N) is 1. The molecule has 0 aliphatic carbocycles. The van der Waals surface area contributed by atoms with Gasteiger partial charge in [0.05, 0.1) is 24.3 Å². The van der Waals surface area contributed by atoms with E-state index >= 15 is 0 Å². The fourth-order valence-corrected chi connectivity index (χ4v) is 4.54. The number of nitrogens with zero attached hydrogens (tertiary/aromatic N) is 2. The number of hydrogen-bond donors (Lipinski definition) is 2. The monoisotopic (exact) mass is 526 g/mol. The van der Waals surface area contributed by atoms with Crippen molar-refractivity contribution in [3.8, 4) is 0 Å². The molecule has 1 amide bonds. The first-order chi connectivity index (χ1) is 15.8. The zero-order valence-corrected chi connectivity index (χ0v) is 19.8. The minimum absolute atomic E-state index is 0.0819. The fourth-order valence-electron chi connectivity index (χ4n) is 3.57. The lowest BCUT2D eigenvalue weighted by Crippen LogP contribution is -2.50. The van der Waals surface area contributed by atoms with Gasteiger partial charge in [0.2, 0.25) is 0 Å². The molecule has 1 aromatic heterocycles. The van der Waals surface area contributed by atoms with Gasteiger partial charge in [-0.05, 0) is 39.9 Å². The molecule has 1 aliphatic rings. The molecule has 0 spiro atoms. The highest BCUT2D eigenvalue weighted by Gasteiger charge is 2.44. The minimum atomic E-state index is -4.85. The van der Waals surface area contributed by atoms with Gasteiger partial charge in [0.1, 0.15) is 5.82 Å². The van der Waals surface area contributed by atoms with Crippen LogP contribution in [0.25, 0.3) is 0 Å². The van der Waals surface area contributed by atoms with Crippen LogP contribution in [0.3, 0.4) is 0 Å². The molecule has 7 nitrogen and oxygen atoms in total. The van der Waals surface area contributed by atoms with Crippen LogP contribution in [0.15, 0.2) is 35.4 Å². The molecule has 0 saturated carbocycles. The number of carbonyl (C=O) groups excluding carboxylic acids is 1. The van der Waals surface area contributed by atoms with Gasteiger partial charge in [0.25, 0.3) is 5.91 Å². The summed E-state index contributed by atoms with van der Waals surface area (Å²) in [6.45, 7) is -0.195. The number of morpholine rings is 1. The summed E-state index contributed by atoms with van der Waals surface area (Å²) >= 11 is 0. The Morgan fingerprint density at radius 2 is 1.89 bits per heavy atom. The number of pyridine rings is 1. The van der Waals surface area contributed by atoms with Crippen LogP contribution in [0.5, 0.6) is 0 Å². The summed E-state index contributed by atoms with van der Waals surface area (Å²) in [5.41, 5.74) is -2.16. The molecule has 194 valence electrons. The highest BCUT2D eigenvalue weighted by atomic mass is 32.3. The van der Waals surface area contributed by atoms with Crippen molar-refractivity contribution in [2.45, 2.75) is 30.3 Å². The molecule has 3 rings (SSSR count). The van der Waals surface area contributed by atoms with E-state index in [4.69, 9.17) is 9.88 Å². The van der Waals surface area contributed by atoms with Crippen LogP contribution < -0.4 is 15.4 Å². The SMILES string of the molecule is Cc1c(C(F)(F)F)cnc(N2CCO[C@@H](C(F)(F)F)C2)c1C(=O)Nc1cccc(S(C)(C)(N)=O)c1. The number of halogens is 6. The predicted molar refractivity (Wildman–Crippen MR) is 119 cm³/mol. The Bertz CT molecular complexity index is 1200. The summed E-state index contributed by atoms with van der Waals surface area (Å²) in [6.07, 6.45) is -8.65. The molecule has 0 unspecified atom stereocenters. The molecule has 1 aromatic carbocycles. The van der Waals surface area contributed by atoms with Crippen molar-refractivity contribution in [2.75, 3.05) is 42.4 Å². The zero-order valence-electron chi connectivity index (χ0n) is 19.0. The van der Waals surface area contributed by atoms with Crippen LogP contribution in [-0.2, 0) is 20.2 Å². The minimum Gasteiger partial charge on any atom is -0.365 e. The summed E-state index contributed by atoms with van der Waals surface area (Å²) in [5.74, 6) is -1.37. The summed E-state index contributed by atoms with van der Waals surface area (Å²) in [4.78, 5) is 18.2. The topological polar surface area (TPSA) is 97.6 Å². The molecule has 14 heteroatoms. The highest BCUT2D eigenvalue weighted by Crippen LogP contribution is 2.37. The molecule has 1 aliphatic heterocycles. The first-order valence-electron chi connectivity index (χ1n) is 10.2. The standard InChI is InChI=1S/C21H24F6N4O3S/c1-12-15(20(22,23)24)10-29-18(31-7-8-34-16(11-31)21(25,26)27)17(12)19(32)30-13-5-4-6-14(9-13)35(2,3,28)33/h4-6,9-10,16H,7-8,11H2,1-3H3,(H2,28,33)(H,30,32)/t16-/m1/s1.